The zero-order chi connectivity index (χ0) is 12.3. The van der Waals surface area contributed by atoms with Crippen LogP contribution in [0.5, 0.6) is 5.75 Å². The fourth-order valence-corrected chi connectivity index (χ4v) is 1.55. The van der Waals surface area contributed by atoms with E-state index < -0.39 is 0 Å². The summed E-state index contributed by atoms with van der Waals surface area (Å²) in [6.45, 7) is 4.06. The normalized spacial score (nSPS) is 10.9. The van der Waals surface area contributed by atoms with Crippen LogP contribution < -0.4 is 0 Å². The summed E-state index contributed by atoms with van der Waals surface area (Å²) in [5.41, 5.74) is 3.91. The average Bonchev–Trinajstić information content (AvgIpc) is 2.30. The van der Waals surface area contributed by atoms with Gasteiger partial charge in [-0.05, 0) is 49.7 Å². The highest BCUT2D eigenvalue weighted by atomic mass is 16.3. The topological polar surface area (TPSA) is 45.0 Å². The summed E-state index contributed by atoms with van der Waals surface area (Å²) in [6, 6.07) is 12.7. The zero-order valence-corrected chi connectivity index (χ0v) is 9.88. The van der Waals surface area contributed by atoms with Crippen LogP contribution in [-0.2, 0) is 0 Å². The van der Waals surface area contributed by atoms with Gasteiger partial charge in [0, 0.05) is 0 Å². The van der Waals surface area contributed by atoms with Gasteiger partial charge in [-0.15, -0.1) is 0 Å². The third-order valence-corrected chi connectivity index (χ3v) is 2.48. The average molecular weight is 226 g/mol. The summed E-state index contributed by atoms with van der Waals surface area (Å²) in [5, 5.41) is 17.5. The van der Waals surface area contributed by atoms with Crippen LogP contribution in [-0.4, -0.2) is 5.11 Å². The molecule has 0 aliphatic rings. The maximum absolute atomic E-state index is 9.14. The lowest BCUT2D eigenvalue weighted by Crippen LogP contribution is -1.76. The van der Waals surface area contributed by atoms with E-state index in [9.17, 15) is 0 Å². The van der Waals surface area contributed by atoms with Gasteiger partial charge in [0.05, 0.1) is 11.4 Å². The Bertz CT molecular complexity index is 545. The van der Waals surface area contributed by atoms with Crippen molar-refractivity contribution in [1.82, 2.24) is 0 Å². The van der Waals surface area contributed by atoms with E-state index in [4.69, 9.17) is 5.11 Å². The molecule has 0 aliphatic carbocycles. The number of hydrogen-bond acceptors (Lipinski definition) is 3. The molecular formula is C14H14N2O. The van der Waals surface area contributed by atoms with Gasteiger partial charge in [-0.3, -0.25) is 0 Å². The van der Waals surface area contributed by atoms with Crippen molar-refractivity contribution in [3.63, 3.8) is 0 Å². The maximum atomic E-state index is 9.14. The van der Waals surface area contributed by atoms with Crippen LogP contribution in [0.2, 0.25) is 0 Å². The van der Waals surface area contributed by atoms with Crippen LogP contribution in [0.4, 0.5) is 11.4 Å². The number of hydrogen-bond donors (Lipinski definition) is 1. The Morgan fingerprint density at radius 3 is 2.24 bits per heavy atom. The summed E-state index contributed by atoms with van der Waals surface area (Å²) < 4.78 is 0. The second-order valence-electron chi connectivity index (χ2n) is 4.01. The van der Waals surface area contributed by atoms with Crippen LogP contribution in [0.25, 0.3) is 0 Å². The van der Waals surface area contributed by atoms with Gasteiger partial charge in [0.2, 0.25) is 0 Å². The number of phenols is 1. The molecule has 0 heterocycles. The molecule has 0 fully saturated rings. The van der Waals surface area contributed by atoms with Crippen LogP contribution in [0.15, 0.2) is 52.7 Å². The Morgan fingerprint density at radius 2 is 1.59 bits per heavy atom. The molecule has 0 radical (unpaired) electrons. The van der Waals surface area contributed by atoms with Gasteiger partial charge in [-0.2, -0.15) is 10.2 Å². The summed E-state index contributed by atoms with van der Waals surface area (Å²) in [6.07, 6.45) is 0. The fourth-order valence-electron chi connectivity index (χ4n) is 1.55. The Kier molecular flexibility index (Phi) is 3.19. The molecule has 0 atom stereocenters. The molecule has 0 bridgehead atoms. The standard InChI is InChI=1S/C14H14N2O/c1-10-3-8-14(11(2)9-10)16-15-12-4-6-13(17)7-5-12/h3-9,17H,1-2H3. The molecule has 0 unspecified atom stereocenters. The minimum Gasteiger partial charge on any atom is -0.508 e. The molecule has 2 aromatic carbocycles. The van der Waals surface area contributed by atoms with Gasteiger partial charge in [-0.1, -0.05) is 17.7 Å². The summed E-state index contributed by atoms with van der Waals surface area (Å²) in [7, 11) is 0. The van der Waals surface area contributed by atoms with Gasteiger partial charge in [-0.25, -0.2) is 0 Å². The van der Waals surface area contributed by atoms with Crippen molar-refractivity contribution in [1.29, 1.82) is 0 Å². The fraction of sp³-hybridized carbons (Fsp3) is 0.143. The maximum Gasteiger partial charge on any atom is 0.115 e. The number of aromatic hydroxyl groups is 1. The van der Waals surface area contributed by atoms with E-state index in [1.54, 1.807) is 24.3 Å². The minimum absolute atomic E-state index is 0.232. The SMILES string of the molecule is Cc1ccc(N=Nc2ccc(O)cc2)c(C)c1. The van der Waals surface area contributed by atoms with Crippen molar-refractivity contribution < 1.29 is 5.11 Å². The molecular weight excluding hydrogens is 212 g/mol. The number of aryl methyl sites for hydroxylation is 2. The van der Waals surface area contributed by atoms with Crippen molar-refractivity contribution in [2.45, 2.75) is 13.8 Å². The monoisotopic (exact) mass is 226 g/mol. The van der Waals surface area contributed by atoms with Crippen LogP contribution in [0.1, 0.15) is 11.1 Å². The van der Waals surface area contributed by atoms with Crippen molar-refractivity contribution in [2.75, 3.05) is 0 Å². The van der Waals surface area contributed by atoms with E-state index in [-0.39, 0.29) is 5.75 Å². The minimum atomic E-state index is 0.232. The third-order valence-electron chi connectivity index (χ3n) is 2.48. The number of rotatable bonds is 2. The Hall–Kier alpha value is -2.16. The van der Waals surface area contributed by atoms with Crippen molar-refractivity contribution in [2.24, 2.45) is 10.2 Å². The summed E-state index contributed by atoms with van der Waals surface area (Å²) in [4.78, 5) is 0. The predicted octanol–water partition coefficient (Wildman–Crippen LogP) is 4.42. The van der Waals surface area contributed by atoms with Crippen molar-refractivity contribution >= 4 is 11.4 Å². The van der Waals surface area contributed by atoms with Crippen molar-refractivity contribution in [3.8, 4) is 5.75 Å². The summed E-state index contributed by atoms with van der Waals surface area (Å²) >= 11 is 0. The highest BCUT2D eigenvalue weighted by Crippen LogP contribution is 2.23. The molecule has 0 amide bonds. The molecule has 0 spiro atoms. The number of azo groups is 1. The van der Waals surface area contributed by atoms with E-state index in [0.717, 1.165) is 16.9 Å². The van der Waals surface area contributed by atoms with Crippen molar-refractivity contribution in [3.05, 3.63) is 53.6 Å². The van der Waals surface area contributed by atoms with E-state index >= 15 is 0 Å². The quantitative estimate of drug-likeness (QED) is 0.756. The molecule has 3 nitrogen and oxygen atoms in total. The first-order chi connectivity index (χ1) is 8.15. The Labute approximate surface area is 100 Å². The first kappa shape index (κ1) is 11.3. The molecule has 3 heteroatoms. The van der Waals surface area contributed by atoms with E-state index in [2.05, 4.69) is 16.3 Å². The zero-order valence-electron chi connectivity index (χ0n) is 9.88. The predicted molar refractivity (Wildman–Crippen MR) is 68.2 cm³/mol. The largest absolute Gasteiger partial charge is 0.508 e. The Morgan fingerprint density at radius 1 is 0.882 bits per heavy atom. The summed E-state index contributed by atoms with van der Waals surface area (Å²) in [5.74, 6) is 0.232. The molecule has 86 valence electrons. The molecule has 0 saturated carbocycles. The lowest BCUT2D eigenvalue weighted by molar-refractivity contribution is 0.475. The van der Waals surface area contributed by atoms with E-state index in [1.165, 1.54) is 5.56 Å². The molecule has 17 heavy (non-hydrogen) atoms. The van der Waals surface area contributed by atoms with Gasteiger partial charge < -0.3 is 5.11 Å². The molecule has 2 rings (SSSR count). The van der Waals surface area contributed by atoms with Gasteiger partial charge >= 0.3 is 0 Å². The van der Waals surface area contributed by atoms with Gasteiger partial charge in [0.25, 0.3) is 0 Å². The lowest BCUT2D eigenvalue weighted by Gasteiger charge is -2.00. The third kappa shape index (κ3) is 2.91. The van der Waals surface area contributed by atoms with E-state index in [1.807, 2.05) is 26.0 Å². The molecule has 0 saturated heterocycles. The van der Waals surface area contributed by atoms with Gasteiger partial charge in [0.15, 0.2) is 0 Å². The molecule has 0 aliphatic heterocycles. The number of phenolic OH excluding ortho intramolecular Hbond substituents is 1. The van der Waals surface area contributed by atoms with Gasteiger partial charge in [0.1, 0.15) is 5.75 Å². The Balaban J connectivity index is 2.23. The second-order valence-corrected chi connectivity index (χ2v) is 4.01. The first-order valence-electron chi connectivity index (χ1n) is 5.43. The smallest absolute Gasteiger partial charge is 0.115 e. The first-order valence-corrected chi connectivity index (χ1v) is 5.43. The second kappa shape index (κ2) is 4.78. The highest BCUT2D eigenvalue weighted by Gasteiger charge is 1.96. The lowest BCUT2D eigenvalue weighted by atomic mass is 10.1. The van der Waals surface area contributed by atoms with Crippen LogP contribution in [0, 0.1) is 13.8 Å². The number of nitrogens with zero attached hydrogens (tertiary/aromatic N) is 2. The van der Waals surface area contributed by atoms with E-state index in [0.29, 0.717) is 0 Å². The molecule has 1 N–H and O–H groups in total. The molecule has 0 aromatic heterocycles. The highest BCUT2D eigenvalue weighted by molar-refractivity contribution is 5.47. The molecule has 2 aromatic rings. The van der Waals surface area contributed by atoms with Crippen LogP contribution in [0.3, 0.4) is 0 Å². The van der Waals surface area contributed by atoms with Crippen LogP contribution >= 0.6 is 0 Å². The number of benzene rings is 2.